The van der Waals surface area contributed by atoms with Gasteiger partial charge in [0.25, 0.3) is 0 Å². The molecule has 4 heteroatoms. The van der Waals surface area contributed by atoms with Crippen molar-refractivity contribution in [2.75, 3.05) is 18.4 Å². The Bertz CT molecular complexity index is 516. The van der Waals surface area contributed by atoms with Crippen LogP contribution in [-0.2, 0) is 7.05 Å². The van der Waals surface area contributed by atoms with Crippen LogP contribution in [0.2, 0.25) is 0 Å². The van der Waals surface area contributed by atoms with Gasteiger partial charge in [-0.1, -0.05) is 24.3 Å². The molecule has 2 rings (SSSR count). The van der Waals surface area contributed by atoms with Gasteiger partial charge in [0, 0.05) is 19.2 Å². The molecule has 0 aliphatic carbocycles. The summed E-state index contributed by atoms with van der Waals surface area (Å²) in [6, 6.07) is 8.35. The molecule has 3 N–H and O–H groups in total. The van der Waals surface area contributed by atoms with Gasteiger partial charge in [-0.25, -0.2) is 0 Å². The first-order chi connectivity index (χ1) is 8.74. The molecule has 1 aromatic carbocycles. The molecular formula is C14H20N4. The maximum Gasteiger partial charge on any atom is 0.0913 e. The average Bonchev–Trinajstić information content (AvgIpc) is 2.72. The summed E-state index contributed by atoms with van der Waals surface area (Å²) in [6.45, 7) is 3.69. The van der Waals surface area contributed by atoms with Gasteiger partial charge in [0.1, 0.15) is 0 Å². The molecule has 18 heavy (non-hydrogen) atoms. The van der Waals surface area contributed by atoms with Gasteiger partial charge in [-0.15, -0.1) is 0 Å². The third kappa shape index (κ3) is 2.54. The molecule has 0 saturated carbocycles. The lowest BCUT2D eigenvalue weighted by atomic mass is 10.0. The number of benzene rings is 1. The zero-order valence-electron chi connectivity index (χ0n) is 11.0. The molecule has 1 heterocycles. The van der Waals surface area contributed by atoms with E-state index in [9.17, 15) is 0 Å². The molecule has 2 aromatic rings. The number of hydrogen-bond donors (Lipinski definition) is 2. The number of nitrogens with one attached hydrogen (secondary N) is 1. The molecule has 0 spiro atoms. The first kappa shape index (κ1) is 12.6. The van der Waals surface area contributed by atoms with Crippen molar-refractivity contribution in [1.82, 2.24) is 9.78 Å². The summed E-state index contributed by atoms with van der Waals surface area (Å²) in [5, 5.41) is 7.73. The standard InChI is InChI=1S/C14H20N4/c1-11-6-3-4-7-12(11)14-13(10-17-18(14)2)16-9-5-8-15/h3-4,6-7,10,16H,5,8-9,15H2,1-2H3. The Balaban J connectivity index is 2.32. The highest BCUT2D eigenvalue weighted by molar-refractivity contribution is 5.76. The Morgan fingerprint density at radius 3 is 2.83 bits per heavy atom. The quantitative estimate of drug-likeness (QED) is 0.792. The molecule has 4 nitrogen and oxygen atoms in total. The lowest BCUT2D eigenvalue weighted by Crippen LogP contribution is -2.09. The minimum Gasteiger partial charge on any atom is -0.382 e. The Morgan fingerprint density at radius 2 is 2.11 bits per heavy atom. The molecule has 0 aliphatic rings. The van der Waals surface area contributed by atoms with Gasteiger partial charge in [0.05, 0.1) is 17.6 Å². The predicted octanol–water partition coefficient (Wildman–Crippen LogP) is 2.16. The minimum absolute atomic E-state index is 0.701. The lowest BCUT2D eigenvalue weighted by molar-refractivity contribution is 0.775. The van der Waals surface area contributed by atoms with Gasteiger partial charge in [0.2, 0.25) is 0 Å². The second-order valence-electron chi connectivity index (χ2n) is 4.41. The van der Waals surface area contributed by atoms with E-state index in [0.717, 1.165) is 24.3 Å². The molecule has 1 aromatic heterocycles. The van der Waals surface area contributed by atoms with Crippen molar-refractivity contribution in [3.05, 3.63) is 36.0 Å². The van der Waals surface area contributed by atoms with Gasteiger partial charge >= 0.3 is 0 Å². The predicted molar refractivity (Wildman–Crippen MR) is 75.5 cm³/mol. The van der Waals surface area contributed by atoms with Crippen LogP contribution < -0.4 is 11.1 Å². The molecule has 0 saturated heterocycles. The maximum atomic E-state index is 5.51. The van der Waals surface area contributed by atoms with Crippen molar-refractivity contribution in [3.63, 3.8) is 0 Å². The highest BCUT2D eigenvalue weighted by Crippen LogP contribution is 2.29. The van der Waals surface area contributed by atoms with Crippen LogP contribution in [0, 0.1) is 6.92 Å². The average molecular weight is 244 g/mol. The number of nitrogens with two attached hydrogens (primary N) is 1. The van der Waals surface area contributed by atoms with Crippen molar-refractivity contribution in [2.45, 2.75) is 13.3 Å². The van der Waals surface area contributed by atoms with E-state index >= 15 is 0 Å². The number of rotatable bonds is 5. The Kier molecular flexibility index (Phi) is 3.99. The van der Waals surface area contributed by atoms with Crippen LogP contribution in [0.25, 0.3) is 11.3 Å². The van der Waals surface area contributed by atoms with Gasteiger partial charge < -0.3 is 11.1 Å². The second-order valence-corrected chi connectivity index (χ2v) is 4.41. The fourth-order valence-corrected chi connectivity index (χ4v) is 2.05. The van der Waals surface area contributed by atoms with Crippen LogP contribution in [0.1, 0.15) is 12.0 Å². The normalized spacial score (nSPS) is 10.6. The molecule has 0 amide bonds. The first-order valence-electron chi connectivity index (χ1n) is 6.26. The van der Waals surface area contributed by atoms with Gasteiger partial charge in [0.15, 0.2) is 0 Å². The molecule has 0 atom stereocenters. The molecule has 0 unspecified atom stereocenters. The summed E-state index contributed by atoms with van der Waals surface area (Å²) in [4.78, 5) is 0. The van der Waals surface area contributed by atoms with E-state index in [1.165, 1.54) is 11.1 Å². The van der Waals surface area contributed by atoms with Crippen LogP contribution in [0.5, 0.6) is 0 Å². The maximum absolute atomic E-state index is 5.51. The summed E-state index contributed by atoms with van der Waals surface area (Å²) >= 11 is 0. The SMILES string of the molecule is Cc1ccccc1-c1c(NCCCN)cnn1C. The molecule has 0 radical (unpaired) electrons. The largest absolute Gasteiger partial charge is 0.382 e. The topological polar surface area (TPSA) is 55.9 Å². The molecule has 96 valence electrons. The van der Waals surface area contributed by atoms with E-state index in [4.69, 9.17) is 5.73 Å². The van der Waals surface area contributed by atoms with Crippen molar-refractivity contribution in [2.24, 2.45) is 12.8 Å². The highest BCUT2D eigenvalue weighted by atomic mass is 15.3. The second kappa shape index (κ2) is 5.69. The summed E-state index contributed by atoms with van der Waals surface area (Å²) < 4.78 is 1.91. The molecule has 0 bridgehead atoms. The van der Waals surface area contributed by atoms with E-state index < -0.39 is 0 Å². The zero-order chi connectivity index (χ0) is 13.0. The van der Waals surface area contributed by atoms with E-state index in [1.54, 1.807) is 0 Å². The van der Waals surface area contributed by atoms with Crippen molar-refractivity contribution >= 4 is 5.69 Å². The number of anilines is 1. The van der Waals surface area contributed by atoms with E-state index in [1.807, 2.05) is 17.9 Å². The number of aryl methyl sites for hydroxylation is 2. The lowest BCUT2D eigenvalue weighted by Gasteiger charge is -2.10. The van der Waals surface area contributed by atoms with Crippen LogP contribution in [0.3, 0.4) is 0 Å². The Morgan fingerprint density at radius 1 is 1.33 bits per heavy atom. The Hall–Kier alpha value is -1.81. The third-order valence-electron chi connectivity index (χ3n) is 3.04. The van der Waals surface area contributed by atoms with Gasteiger partial charge in [-0.3, -0.25) is 4.68 Å². The summed E-state index contributed by atoms with van der Waals surface area (Å²) in [5.41, 5.74) is 10.2. The number of aromatic nitrogens is 2. The monoisotopic (exact) mass is 244 g/mol. The Labute approximate surface area is 108 Å². The fraction of sp³-hybridized carbons (Fsp3) is 0.357. The fourth-order valence-electron chi connectivity index (χ4n) is 2.05. The van der Waals surface area contributed by atoms with Crippen LogP contribution in [-0.4, -0.2) is 22.9 Å². The van der Waals surface area contributed by atoms with E-state index in [-0.39, 0.29) is 0 Å². The van der Waals surface area contributed by atoms with Gasteiger partial charge in [-0.2, -0.15) is 5.10 Å². The summed E-state index contributed by atoms with van der Waals surface area (Å²) in [7, 11) is 1.97. The zero-order valence-corrected chi connectivity index (χ0v) is 11.0. The van der Waals surface area contributed by atoms with E-state index in [0.29, 0.717) is 6.54 Å². The molecular weight excluding hydrogens is 224 g/mol. The van der Waals surface area contributed by atoms with Crippen LogP contribution in [0.15, 0.2) is 30.5 Å². The summed E-state index contributed by atoms with van der Waals surface area (Å²) in [5.74, 6) is 0. The van der Waals surface area contributed by atoms with Crippen molar-refractivity contribution in [3.8, 4) is 11.3 Å². The summed E-state index contributed by atoms with van der Waals surface area (Å²) in [6.07, 6.45) is 2.83. The van der Waals surface area contributed by atoms with Gasteiger partial charge in [-0.05, 0) is 25.5 Å². The molecule has 0 fully saturated rings. The first-order valence-corrected chi connectivity index (χ1v) is 6.26. The van der Waals surface area contributed by atoms with Crippen molar-refractivity contribution < 1.29 is 0 Å². The third-order valence-corrected chi connectivity index (χ3v) is 3.04. The highest BCUT2D eigenvalue weighted by Gasteiger charge is 2.11. The number of nitrogens with zero attached hydrogens (tertiary/aromatic N) is 2. The van der Waals surface area contributed by atoms with E-state index in [2.05, 4.69) is 41.6 Å². The molecule has 0 aliphatic heterocycles. The smallest absolute Gasteiger partial charge is 0.0913 e. The van der Waals surface area contributed by atoms with Crippen LogP contribution >= 0.6 is 0 Å². The van der Waals surface area contributed by atoms with Crippen LogP contribution in [0.4, 0.5) is 5.69 Å². The number of hydrogen-bond acceptors (Lipinski definition) is 3. The van der Waals surface area contributed by atoms with Crippen molar-refractivity contribution in [1.29, 1.82) is 0 Å². The minimum atomic E-state index is 0.701.